The molecular weight excluding hydrogens is 395 g/mol. The lowest BCUT2D eigenvalue weighted by Gasteiger charge is -2.39. The maximum absolute atomic E-state index is 6.62. The summed E-state index contributed by atoms with van der Waals surface area (Å²) < 4.78 is 2.07. The van der Waals surface area contributed by atoms with Gasteiger partial charge in [0.15, 0.2) is 5.82 Å². The second-order valence-electron chi connectivity index (χ2n) is 7.47. The number of halogens is 2. The number of hydrogen-bond donors (Lipinski definition) is 0. The van der Waals surface area contributed by atoms with Gasteiger partial charge in [0, 0.05) is 37.7 Å². The van der Waals surface area contributed by atoms with Crippen LogP contribution in [0.25, 0.3) is 0 Å². The van der Waals surface area contributed by atoms with Crippen LogP contribution < -0.4 is 0 Å². The van der Waals surface area contributed by atoms with Crippen LogP contribution in [0.1, 0.15) is 49.2 Å². The van der Waals surface area contributed by atoms with Gasteiger partial charge in [0.1, 0.15) is 0 Å². The highest BCUT2D eigenvalue weighted by Crippen LogP contribution is 2.36. The molecule has 1 saturated carbocycles. The van der Waals surface area contributed by atoms with Gasteiger partial charge in [0.25, 0.3) is 0 Å². The third-order valence-corrected chi connectivity index (χ3v) is 6.14. The second kappa shape index (κ2) is 9.83. The lowest BCUT2D eigenvalue weighted by molar-refractivity contribution is 0.111. The van der Waals surface area contributed by atoms with E-state index in [0.717, 1.165) is 62.0 Å². The van der Waals surface area contributed by atoms with Crippen molar-refractivity contribution in [1.29, 1.82) is 0 Å². The van der Waals surface area contributed by atoms with Crippen molar-refractivity contribution in [3.63, 3.8) is 0 Å². The van der Waals surface area contributed by atoms with E-state index < -0.39 is 0 Å². The van der Waals surface area contributed by atoms with E-state index in [1.165, 1.54) is 12.8 Å². The third-order valence-electron chi connectivity index (χ3n) is 5.79. The van der Waals surface area contributed by atoms with Crippen molar-refractivity contribution < 1.29 is 0 Å². The van der Waals surface area contributed by atoms with E-state index in [9.17, 15) is 0 Å². The van der Waals surface area contributed by atoms with Gasteiger partial charge in [0.05, 0.1) is 12.1 Å². The van der Waals surface area contributed by atoms with E-state index in [1.807, 2.05) is 24.3 Å². The first kappa shape index (κ1) is 21.2. The number of benzene rings is 1. The third kappa shape index (κ3) is 4.40. The molecule has 1 unspecified atom stereocenters. The summed E-state index contributed by atoms with van der Waals surface area (Å²) in [5, 5.41) is 13.7. The summed E-state index contributed by atoms with van der Waals surface area (Å²) in [6, 6.07) is 8.48. The van der Waals surface area contributed by atoms with Crippen molar-refractivity contribution >= 4 is 24.0 Å². The summed E-state index contributed by atoms with van der Waals surface area (Å²) in [6.07, 6.45) is 6.78. The van der Waals surface area contributed by atoms with Crippen LogP contribution in [-0.2, 0) is 0 Å². The van der Waals surface area contributed by atoms with E-state index in [4.69, 9.17) is 11.6 Å². The van der Waals surface area contributed by atoms with Crippen LogP contribution in [-0.4, -0.2) is 62.7 Å². The lowest BCUT2D eigenvalue weighted by Crippen LogP contribution is -2.48. The standard InChI is InChI=1S/C20H27ClN6.ClH/c1-2-11-25-12-14-26(15-13-25)19(17-9-5-6-10-18(17)21)20-22-23-24-27(20)16-7-3-4-8-16;/h2,5-6,9-10,16,19H,1,3-4,7-8,11-15H2;1H. The molecule has 2 fully saturated rings. The van der Waals surface area contributed by atoms with Gasteiger partial charge in [-0.05, 0) is 34.9 Å². The summed E-state index contributed by atoms with van der Waals surface area (Å²) in [6.45, 7) is 8.74. The second-order valence-corrected chi connectivity index (χ2v) is 7.88. The van der Waals surface area contributed by atoms with E-state index in [-0.39, 0.29) is 18.4 Å². The van der Waals surface area contributed by atoms with Gasteiger partial charge >= 0.3 is 0 Å². The Bertz CT molecular complexity index is 766. The van der Waals surface area contributed by atoms with E-state index >= 15 is 0 Å². The average Bonchev–Trinajstić information content (AvgIpc) is 3.37. The van der Waals surface area contributed by atoms with Crippen LogP contribution in [0.2, 0.25) is 5.02 Å². The highest BCUT2D eigenvalue weighted by atomic mass is 35.5. The molecule has 8 heteroatoms. The molecule has 0 spiro atoms. The van der Waals surface area contributed by atoms with E-state index in [1.54, 1.807) is 0 Å². The molecule has 0 amide bonds. The Morgan fingerprint density at radius 2 is 1.86 bits per heavy atom. The van der Waals surface area contributed by atoms with Crippen molar-refractivity contribution in [2.75, 3.05) is 32.7 Å². The van der Waals surface area contributed by atoms with Crippen molar-refractivity contribution in [1.82, 2.24) is 30.0 Å². The number of piperazine rings is 1. The Kier molecular flexibility index (Phi) is 7.46. The van der Waals surface area contributed by atoms with Crippen molar-refractivity contribution in [3.05, 3.63) is 53.3 Å². The van der Waals surface area contributed by atoms with E-state index in [2.05, 4.69) is 42.7 Å². The normalized spacial score (nSPS) is 20.0. The minimum Gasteiger partial charge on any atom is -0.297 e. The zero-order chi connectivity index (χ0) is 18.6. The molecule has 0 N–H and O–H groups in total. The molecule has 2 heterocycles. The van der Waals surface area contributed by atoms with Crippen LogP contribution >= 0.6 is 24.0 Å². The first-order chi connectivity index (χ1) is 13.3. The number of aromatic nitrogens is 4. The van der Waals surface area contributed by atoms with Crippen LogP contribution in [0.15, 0.2) is 36.9 Å². The predicted molar refractivity (Wildman–Crippen MR) is 114 cm³/mol. The molecule has 2 aliphatic rings. The molecule has 2 aromatic rings. The Labute approximate surface area is 177 Å². The van der Waals surface area contributed by atoms with Crippen molar-refractivity contribution in [2.45, 2.75) is 37.8 Å². The van der Waals surface area contributed by atoms with Crippen LogP contribution in [0.4, 0.5) is 0 Å². The SMILES string of the molecule is C=CCN1CCN(C(c2ccccc2Cl)c2nnnn2C2CCCC2)CC1.Cl. The molecule has 28 heavy (non-hydrogen) atoms. The summed E-state index contributed by atoms with van der Waals surface area (Å²) in [7, 11) is 0. The van der Waals surface area contributed by atoms with Crippen molar-refractivity contribution in [2.24, 2.45) is 0 Å². The first-order valence-electron chi connectivity index (χ1n) is 9.87. The van der Waals surface area contributed by atoms with E-state index in [0.29, 0.717) is 6.04 Å². The molecule has 0 bridgehead atoms. The Morgan fingerprint density at radius 3 is 2.54 bits per heavy atom. The Balaban J connectivity index is 0.00000225. The van der Waals surface area contributed by atoms with Gasteiger partial charge in [-0.3, -0.25) is 9.80 Å². The maximum atomic E-state index is 6.62. The van der Waals surface area contributed by atoms with Crippen LogP contribution in [0.3, 0.4) is 0 Å². The van der Waals surface area contributed by atoms with Gasteiger partial charge < -0.3 is 0 Å². The summed E-state index contributed by atoms with van der Waals surface area (Å²) in [5.74, 6) is 0.923. The maximum Gasteiger partial charge on any atom is 0.173 e. The number of rotatable bonds is 6. The predicted octanol–water partition coefficient (Wildman–Crippen LogP) is 3.76. The zero-order valence-electron chi connectivity index (χ0n) is 16.1. The minimum absolute atomic E-state index is 0. The van der Waals surface area contributed by atoms with Gasteiger partial charge in [0.2, 0.25) is 0 Å². The molecule has 1 aromatic carbocycles. The molecule has 1 aliphatic carbocycles. The number of nitrogens with zero attached hydrogens (tertiary/aromatic N) is 6. The number of hydrogen-bond acceptors (Lipinski definition) is 5. The molecule has 0 radical (unpaired) electrons. The molecular formula is C20H28Cl2N6. The van der Waals surface area contributed by atoms with Crippen molar-refractivity contribution in [3.8, 4) is 0 Å². The molecule has 6 nitrogen and oxygen atoms in total. The average molecular weight is 423 g/mol. The molecule has 1 aliphatic heterocycles. The molecule has 1 aromatic heterocycles. The molecule has 1 atom stereocenters. The topological polar surface area (TPSA) is 50.1 Å². The van der Waals surface area contributed by atoms with Crippen LogP contribution in [0, 0.1) is 0 Å². The summed E-state index contributed by atoms with van der Waals surface area (Å²) >= 11 is 6.62. The summed E-state index contributed by atoms with van der Waals surface area (Å²) in [4.78, 5) is 4.89. The Hall–Kier alpha value is -1.47. The fourth-order valence-corrected chi connectivity index (χ4v) is 4.61. The first-order valence-corrected chi connectivity index (χ1v) is 10.2. The summed E-state index contributed by atoms with van der Waals surface area (Å²) in [5.41, 5.74) is 1.09. The highest BCUT2D eigenvalue weighted by molar-refractivity contribution is 6.31. The van der Waals surface area contributed by atoms with Gasteiger partial charge in [-0.1, -0.05) is 48.7 Å². The Morgan fingerprint density at radius 1 is 1.14 bits per heavy atom. The van der Waals surface area contributed by atoms with Crippen LogP contribution in [0.5, 0.6) is 0 Å². The fourth-order valence-electron chi connectivity index (χ4n) is 4.37. The van der Waals surface area contributed by atoms with Gasteiger partial charge in [-0.25, -0.2) is 4.68 Å². The largest absolute Gasteiger partial charge is 0.297 e. The lowest BCUT2D eigenvalue weighted by atomic mass is 10.0. The monoisotopic (exact) mass is 422 g/mol. The fraction of sp³-hybridized carbons (Fsp3) is 0.550. The smallest absolute Gasteiger partial charge is 0.173 e. The zero-order valence-corrected chi connectivity index (χ0v) is 17.7. The quantitative estimate of drug-likeness (QED) is 0.663. The van der Waals surface area contributed by atoms with Gasteiger partial charge in [-0.2, -0.15) is 0 Å². The number of tetrazole rings is 1. The molecule has 152 valence electrons. The molecule has 4 rings (SSSR count). The highest BCUT2D eigenvalue weighted by Gasteiger charge is 2.33. The molecule has 1 saturated heterocycles. The minimum atomic E-state index is -0.0137. The van der Waals surface area contributed by atoms with Gasteiger partial charge in [-0.15, -0.1) is 24.1 Å².